The maximum Gasteiger partial charge on any atom is 0.312 e. The Hall–Kier alpha value is -2.05. The Morgan fingerprint density at radius 2 is 2.32 bits per heavy atom. The molecular weight excluding hydrogens is 248 g/mol. The van der Waals surface area contributed by atoms with Crippen LogP contribution in [0.2, 0.25) is 0 Å². The predicted octanol–water partition coefficient (Wildman–Crippen LogP) is 0.190. The first kappa shape index (κ1) is 13.4. The van der Waals surface area contributed by atoms with Crippen LogP contribution in [0.4, 0.5) is 5.82 Å². The van der Waals surface area contributed by atoms with E-state index in [2.05, 4.69) is 10.4 Å². The van der Waals surface area contributed by atoms with Crippen LogP contribution in [-0.2, 0) is 16.1 Å². The lowest BCUT2D eigenvalue weighted by atomic mass is 10.1. The zero-order valence-corrected chi connectivity index (χ0v) is 11.3. The Kier molecular flexibility index (Phi) is 3.73. The second-order valence-electron chi connectivity index (χ2n) is 4.62. The monoisotopic (exact) mass is 266 g/mol. The number of rotatable bonds is 3. The first-order chi connectivity index (χ1) is 9.04. The van der Waals surface area contributed by atoms with Crippen LogP contribution in [0.5, 0.6) is 0 Å². The average molecular weight is 266 g/mol. The number of ether oxygens (including phenoxy) is 1. The molecule has 0 spiro atoms. The van der Waals surface area contributed by atoms with Crippen molar-refractivity contribution in [3.8, 4) is 0 Å². The summed E-state index contributed by atoms with van der Waals surface area (Å²) in [7, 11) is 3.38. The molecule has 7 heteroatoms. The highest BCUT2D eigenvalue weighted by molar-refractivity contribution is 5.98. The molecule has 1 aliphatic heterocycles. The van der Waals surface area contributed by atoms with Crippen molar-refractivity contribution in [3.63, 3.8) is 0 Å². The first-order valence-corrected chi connectivity index (χ1v) is 6.22. The zero-order chi connectivity index (χ0) is 14.0. The Morgan fingerprint density at radius 3 is 2.95 bits per heavy atom. The van der Waals surface area contributed by atoms with Gasteiger partial charge in [0.25, 0.3) is 5.91 Å². The first-order valence-electron chi connectivity index (χ1n) is 6.22. The number of esters is 1. The number of anilines is 1. The molecule has 1 N–H and O–H groups in total. The molecule has 0 aromatic carbocycles. The van der Waals surface area contributed by atoms with Gasteiger partial charge < -0.3 is 15.0 Å². The molecule has 2 heterocycles. The molecule has 1 aromatic rings. The molecule has 0 saturated carbocycles. The second-order valence-corrected chi connectivity index (χ2v) is 4.62. The molecular formula is C12H18N4O3. The molecule has 1 aromatic heterocycles. The van der Waals surface area contributed by atoms with Crippen LogP contribution in [0.1, 0.15) is 17.3 Å². The fraction of sp³-hybridized carbons (Fsp3) is 0.583. The average Bonchev–Trinajstić information content (AvgIpc) is 2.80. The summed E-state index contributed by atoms with van der Waals surface area (Å²) < 4.78 is 6.63. The number of nitrogens with one attached hydrogen (secondary N) is 1. The molecule has 0 saturated heterocycles. The quantitative estimate of drug-likeness (QED) is 0.790. The van der Waals surface area contributed by atoms with Crippen LogP contribution in [0.15, 0.2) is 6.20 Å². The van der Waals surface area contributed by atoms with Crippen LogP contribution in [0, 0.1) is 5.92 Å². The number of carbonyl (C=O) groups excluding carboxylic acids is 2. The maximum absolute atomic E-state index is 11.9. The highest BCUT2D eigenvalue weighted by Crippen LogP contribution is 2.23. The Labute approximate surface area is 111 Å². The van der Waals surface area contributed by atoms with Crippen molar-refractivity contribution in [2.24, 2.45) is 5.92 Å². The molecule has 0 bridgehead atoms. The molecule has 0 aliphatic carbocycles. The smallest absolute Gasteiger partial charge is 0.312 e. The lowest BCUT2D eigenvalue weighted by molar-refractivity contribution is -0.148. The van der Waals surface area contributed by atoms with Crippen LogP contribution in [0.25, 0.3) is 0 Å². The van der Waals surface area contributed by atoms with E-state index in [0.29, 0.717) is 31.1 Å². The lowest BCUT2D eigenvalue weighted by Gasteiger charge is -2.24. The van der Waals surface area contributed by atoms with Crippen molar-refractivity contribution in [2.75, 3.05) is 32.6 Å². The summed E-state index contributed by atoms with van der Waals surface area (Å²) in [6.07, 6.45) is 1.53. The number of nitrogens with zero attached hydrogens (tertiary/aromatic N) is 3. The van der Waals surface area contributed by atoms with Gasteiger partial charge in [-0.3, -0.25) is 9.59 Å². The second kappa shape index (κ2) is 5.29. The van der Waals surface area contributed by atoms with Crippen molar-refractivity contribution < 1.29 is 14.3 Å². The van der Waals surface area contributed by atoms with E-state index in [1.165, 1.54) is 11.1 Å². The van der Waals surface area contributed by atoms with Crippen molar-refractivity contribution in [1.29, 1.82) is 0 Å². The van der Waals surface area contributed by atoms with Gasteiger partial charge >= 0.3 is 5.97 Å². The largest absolute Gasteiger partial charge is 0.466 e. The highest BCUT2D eigenvalue weighted by atomic mass is 16.5. The summed E-state index contributed by atoms with van der Waals surface area (Å²) in [4.78, 5) is 25.1. The summed E-state index contributed by atoms with van der Waals surface area (Å²) in [5.74, 6) is 0.0499. The minimum absolute atomic E-state index is 0.108. The molecule has 2 rings (SSSR count). The van der Waals surface area contributed by atoms with Gasteiger partial charge in [-0.05, 0) is 6.92 Å². The Balaban J connectivity index is 2.16. The topological polar surface area (TPSA) is 76.5 Å². The predicted molar refractivity (Wildman–Crippen MR) is 68.9 cm³/mol. The number of hydrogen-bond acceptors (Lipinski definition) is 5. The fourth-order valence-electron chi connectivity index (χ4n) is 2.02. The zero-order valence-electron chi connectivity index (χ0n) is 11.3. The van der Waals surface area contributed by atoms with Gasteiger partial charge in [0.05, 0.1) is 25.3 Å². The minimum atomic E-state index is -0.269. The number of fused-ring (bicyclic) bond motifs is 1. The maximum atomic E-state index is 11.9. The van der Waals surface area contributed by atoms with Crippen molar-refractivity contribution >= 4 is 17.7 Å². The summed E-state index contributed by atoms with van der Waals surface area (Å²) in [5, 5.41) is 7.24. The van der Waals surface area contributed by atoms with E-state index in [9.17, 15) is 9.59 Å². The SMILES string of the molecule is CCOC(=O)C1CNc2c(C(=O)N(C)C)cnn2C1. The fourth-order valence-corrected chi connectivity index (χ4v) is 2.02. The van der Waals surface area contributed by atoms with Crippen molar-refractivity contribution in [1.82, 2.24) is 14.7 Å². The summed E-state index contributed by atoms with van der Waals surface area (Å²) in [6, 6.07) is 0. The highest BCUT2D eigenvalue weighted by Gasteiger charge is 2.29. The number of carbonyl (C=O) groups is 2. The molecule has 0 radical (unpaired) electrons. The third kappa shape index (κ3) is 2.54. The van der Waals surface area contributed by atoms with Crippen LogP contribution in [0.3, 0.4) is 0 Å². The van der Waals surface area contributed by atoms with E-state index in [1.807, 2.05) is 0 Å². The van der Waals surface area contributed by atoms with Gasteiger partial charge in [0, 0.05) is 20.6 Å². The van der Waals surface area contributed by atoms with E-state index >= 15 is 0 Å². The summed E-state index contributed by atoms with van der Waals surface area (Å²) >= 11 is 0. The Morgan fingerprint density at radius 1 is 1.58 bits per heavy atom. The lowest BCUT2D eigenvalue weighted by Crippen LogP contribution is -2.35. The van der Waals surface area contributed by atoms with E-state index in [-0.39, 0.29) is 17.8 Å². The normalized spacial score (nSPS) is 17.3. The number of aromatic nitrogens is 2. The summed E-state index contributed by atoms with van der Waals surface area (Å²) in [5.41, 5.74) is 0.521. The van der Waals surface area contributed by atoms with Crippen molar-refractivity contribution in [2.45, 2.75) is 13.5 Å². The van der Waals surface area contributed by atoms with Crippen molar-refractivity contribution in [3.05, 3.63) is 11.8 Å². The van der Waals surface area contributed by atoms with E-state index in [1.54, 1.807) is 25.7 Å². The van der Waals surface area contributed by atoms with Crippen LogP contribution < -0.4 is 5.32 Å². The number of amides is 1. The van der Waals surface area contributed by atoms with Gasteiger partial charge in [0.2, 0.25) is 0 Å². The molecule has 0 fully saturated rings. The standard InChI is InChI=1S/C12H18N4O3/c1-4-19-12(18)8-5-13-10-9(11(17)15(2)3)6-14-16(10)7-8/h6,8,13H,4-5,7H2,1-3H3. The molecule has 1 amide bonds. The molecule has 19 heavy (non-hydrogen) atoms. The van der Waals surface area contributed by atoms with Crippen LogP contribution >= 0.6 is 0 Å². The third-order valence-corrected chi connectivity index (χ3v) is 3.01. The van der Waals surface area contributed by atoms with Gasteiger partial charge in [-0.25, -0.2) is 4.68 Å². The molecule has 1 atom stereocenters. The van der Waals surface area contributed by atoms with Gasteiger partial charge in [0.15, 0.2) is 0 Å². The minimum Gasteiger partial charge on any atom is -0.466 e. The van der Waals surface area contributed by atoms with Gasteiger partial charge in [-0.1, -0.05) is 0 Å². The van der Waals surface area contributed by atoms with Gasteiger partial charge in [-0.2, -0.15) is 5.10 Å². The molecule has 104 valence electrons. The third-order valence-electron chi connectivity index (χ3n) is 3.01. The van der Waals surface area contributed by atoms with Gasteiger partial charge in [-0.15, -0.1) is 0 Å². The molecule has 1 unspecified atom stereocenters. The Bertz CT molecular complexity index is 495. The number of hydrogen-bond donors (Lipinski definition) is 1. The summed E-state index contributed by atoms with van der Waals surface area (Å²) in [6.45, 7) is 3.03. The van der Waals surface area contributed by atoms with Crippen LogP contribution in [-0.4, -0.2) is 53.8 Å². The van der Waals surface area contributed by atoms with E-state index in [4.69, 9.17) is 4.74 Å². The van der Waals surface area contributed by atoms with Gasteiger partial charge in [0.1, 0.15) is 11.4 Å². The molecule has 1 aliphatic rings. The van der Waals surface area contributed by atoms with E-state index in [0.717, 1.165) is 0 Å². The van der Waals surface area contributed by atoms with E-state index < -0.39 is 0 Å². The molecule has 7 nitrogen and oxygen atoms in total.